The van der Waals surface area contributed by atoms with Gasteiger partial charge in [-0.3, -0.25) is 4.79 Å². The molecule has 2 aromatic carbocycles. The molecule has 0 spiro atoms. The number of ether oxygens (including phenoxy) is 3. The van der Waals surface area contributed by atoms with E-state index >= 15 is 0 Å². The van der Waals surface area contributed by atoms with Crippen LogP contribution in [0.5, 0.6) is 5.75 Å². The molecule has 2 aliphatic heterocycles. The van der Waals surface area contributed by atoms with E-state index in [4.69, 9.17) is 14.2 Å². The topological polar surface area (TPSA) is 85.8 Å². The van der Waals surface area contributed by atoms with E-state index in [0.29, 0.717) is 43.9 Å². The molecule has 3 heterocycles. The summed E-state index contributed by atoms with van der Waals surface area (Å²) in [6.45, 7) is 4.78. The second kappa shape index (κ2) is 11.5. The lowest BCUT2D eigenvalue weighted by molar-refractivity contribution is -0.0533. The number of nitrogens with zero attached hydrogens (tertiary/aromatic N) is 3. The number of carbonyl (C=O) groups is 1. The van der Waals surface area contributed by atoms with Crippen molar-refractivity contribution in [1.29, 1.82) is 0 Å². The molecule has 2 fully saturated rings. The van der Waals surface area contributed by atoms with Gasteiger partial charge in [0.05, 0.1) is 25.5 Å². The van der Waals surface area contributed by atoms with Crippen LogP contribution in [0.25, 0.3) is 10.8 Å². The van der Waals surface area contributed by atoms with E-state index in [1.54, 1.807) is 14.2 Å². The maximum Gasteiger partial charge on any atom is 0.272 e. The van der Waals surface area contributed by atoms with Crippen molar-refractivity contribution in [3.05, 3.63) is 65.2 Å². The lowest BCUT2D eigenvalue weighted by atomic mass is 9.98. The summed E-state index contributed by atoms with van der Waals surface area (Å²) < 4.78 is 16.5. The van der Waals surface area contributed by atoms with E-state index in [0.717, 1.165) is 59.2 Å². The van der Waals surface area contributed by atoms with E-state index < -0.39 is 0 Å². The van der Waals surface area contributed by atoms with Gasteiger partial charge in [-0.25, -0.2) is 9.97 Å². The number of hydrogen-bond acceptors (Lipinski definition) is 7. The molecule has 5 rings (SSSR count). The van der Waals surface area contributed by atoms with Crippen LogP contribution in [-0.2, 0) is 15.9 Å². The van der Waals surface area contributed by atoms with Gasteiger partial charge in [-0.05, 0) is 54.7 Å². The van der Waals surface area contributed by atoms with Crippen LogP contribution >= 0.6 is 0 Å². The summed E-state index contributed by atoms with van der Waals surface area (Å²) in [6, 6.07) is 13.1. The predicted octanol–water partition coefficient (Wildman–Crippen LogP) is 3.54. The number of fused-ring (bicyclic) bond motifs is 1. The van der Waals surface area contributed by atoms with Crippen LogP contribution < -0.4 is 10.1 Å². The zero-order valence-electron chi connectivity index (χ0n) is 21.9. The van der Waals surface area contributed by atoms with E-state index in [1.807, 2.05) is 24.0 Å². The van der Waals surface area contributed by atoms with E-state index in [2.05, 4.69) is 39.6 Å². The van der Waals surface area contributed by atoms with Gasteiger partial charge in [0.2, 0.25) is 0 Å². The highest BCUT2D eigenvalue weighted by atomic mass is 16.5. The molecule has 3 aromatic rings. The highest BCUT2D eigenvalue weighted by molar-refractivity contribution is 5.94. The third kappa shape index (κ3) is 5.76. The van der Waals surface area contributed by atoms with E-state index in [-0.39, 0.29) is 12.0 Å². The Morgan fingerprint density at radius 2 is 1.86 bits per heavy atom. The van der Waals surface area contributed by atoms with Gasteiger partial charge in [-0.1, -0.05) is 24.3 Å². The number of amides is 1. The largest absolute Gasteiger partial charge is 0.497 e. The summed E-state index contributed by atoms with van der Waals surface area (Å²) in [7, 11) is 3.42. The molecule has 2 saturated heterocycles. The van der Waals surface area contributed by atoms with Gasteiger partial charge < -0.3 is 24.4 Å². The summed E-state index contributed by atoms with van der Waals surface area (Å²) in [5, 5.41) is 6.03. The van der Waals surface area contributed by atoms with Crippen LogP contribution in [0.15, 0.2) is 42.7 Å². The second-order valence-corrected chi connectivity index (χ2v) is 10.00. The maximum absolute atomic E-state index is 13.4. The molecule has 37 heavy (non-hydrogen) atoms. The van der Waals surface area contributed by atoms with Crippen LogP contribution in [0.4, 0.5) is 0 Å². The molecule has 0 unspecified atom stereocenters. The molecule has 8 nitrogen and oxygen atoms in total. The van der Waals surface area contributed by atoms with Gasteiger partial charge in [0, 0.05) is 50.9 Å². The predicted molar refractivity (Wildman–Crippen MR) is 142 cm³/mol. The van der Waals surface area contributed by atoms with Gasteiger partial charge in [0.15, 0.2) is 0 Å². The SMILES string of the molecule is COc1ccc2cc(Cc3ncnc(C(=O)N4CCC(N[C@H]5CCOC[C@H]5OC)CC4)c3C)ccc2c1. The Morgan fingerprint density at radius 3 is 2.65 bits per heavy atom. The summed E-state index contributed by atoms with van der Waals surface area (Å²) in [5.41, 5.74) is 3.39. The zero-order valence-corrected chi connectivity index (χ0v) is 21.9. The fourth-order valence-corrected chi connectivity index (χ4v) is 5.42. The molecule has 1 aromatic heterocycles. The number of rotatable bonds is 7. The first-order valence-electron chi connectivity index (χ1n) is 13.1. The minimum atomic E-state index is -0.00830. The first-order chi connectivity index (χ1) is 18.1. The zero-order chi connectivity index (χ0) is 25.8. The van der Waals surface area contributed by atoms with Crippen molar-refractivity contribution in [1.82, 2.24) is 20.2 Å². The molecule has 0 bridgehead atoms. The average Bonchev–Trinajstić information content (AvgIpc) is 2.94. The standard InChI is InChI=1S/C29H36N4O4/c1-19-26(15-20-4-5-22-16-24(35-2)7-6-21(22)14-20)30-18-31-28(19)29(34)33-11-8-23(9-12-33)32-25-10-13-37-17-27(25)36-3/h4-7,14,16,18,23,25,27,32H,8-13,15,17H2,1-3H3/t25-,27+/m0/s1. The molecule has 1 amide bonds. The molecule has 0 saturated carbocycles. The van der Waals surface area contributed by atoms with Crippen LogP contribution in [0.1, 0.15) is 46.6 Å². The van der Waals surface area contributed by atoms with Gasteiger partial charge in [-0.15, -0.1) is 0 Å². The van der Waals surface area contributed by atoms with Crippen LogP contribution in [-0.4, -0.2) is 79.5 Å². The van der Waals surface area contributed by atoms with Gasteiger partial charge >= 0.3 is 0 Å². The van der Waals surface area contributed by atoms with Crippen LogP contribution in [0, 0.1) is 6.92 Å². The third-order valence-corrected chi connectivity index (χ3v) is 7.71. The number of methoxy groups -OCH3 is 2. The van der Waals surface area contributed by atoms with Crippen molar-refractivity contribution in [2.75, 3.05) is 40.5 Å². The summed E-state index contributed by atoms with van der Waals surface area (Å²) >= 11 is 0. The summed E-state index contributed by atoms with van der Waals surface area (Å²) in [6.07, 6.45) is 5.03. The smallest absolute Gasteiger partial charge is 0.272 e. The Balaban J connectivity index is 1.23. The Bertz CT molecular complexity index is 1240. The van der Waals surface area contributed by atoms with Crippen molar-refractivity contribution in [3.63, 3.8) is 0 Å². The van der Waals surface area contributed by atoms with Crippen molar-refractivity contribution >= 4 is 16.7 Å². The third-order valence-electron chi connectivity index (χ3n) is 7.71. The summed E-state index contributed by atoms with van der Waals surface area (Å²) in [5.74, 6) is 0.837. The van der Waals surface area contributed by atoms with E-state index in [9.17, 15) is 4.79 Å². The van der Waals surface area contributed by atoms with Gasteiger partial charge in [-0.2, -0.15) is 0 Å². The molecular formula is C29H36N4O4. The number of aromatic nitrogens is 2. The number of likely N-dealkylation sites (tertiary alicyclic amines) is 1. The lowest BCUT2D eigenvalue weighted by Crippen LogP contribution is -2.54. The molecule has 196 valence electrons. The van der Waals surface area contributed by atoms with Crippen molar-refractivity contribution in [2.24, 2.45) is 0 Å². The van der Waals surface area contributed by atoms with Crippen molar-refractivity contribution in [3.8, 4) is 5.75 Å². The minimum absolute atomic E-state index is 0.00830. The minimum Gasteiger partial charge on any atom is -0.497 e. The quantitative estimate of drug-likeness (QED) is 0.527. The van der Waals surface area contributed by atoms with Crippen molar-refractivity contribution < 1.29 is 19.0 Å². The molecule has 2 aliphatic rings. The number of nitrogens with one attached hydrogen (secondary N) is 1. The molecule has 8 heteroatoms. The molecular weight excluding hydrogens is 468 g/mol. The van der Waals surface area contributed by atoms with Crippen molar-refractivity contribution in [2.45, 2.75) is 50.8 Å². The number of benzene rings is 2. The first kappa shape index (κ1) is 25.6. The number of hydrogen-bond donors (Lipinski definition) is 1. The Labute approximate surface area is 218 Å². The Morgan fingerprint density at radius 1 is 1.08 bits per heavy atom. The summed E-state index contributed by atoms with van der Waals surface area (Å²) in [4.78, 5) is 24.3. The fraction of sp³-hybridized carbons (Fsp3) is 0.483. The van der Waals surface area contributed by atoms with Gasteiger partial charge in [0.25, 0.3) is 5.91 Å². The molecule has 1 N–H and O–H groups in total. The number of carbonyl (C=O) groups excluding carboxylic acids is 1. The fourth-order valence-electron chi connectivity index (χ4n) is 5.42. The molecule has 0 aliphatic carbocycles. The normalized spacial score (nSPS) is 20.8. The highest BCUT2D eigenvalue weighted by Gasteiger charge is 2.31. The number of piperidine rings is 1. The monoisotopic (exact) mass is 504 g/mol. The lowest BCUT2D eigenvalue weighted by Gasteiger charge is -2.38. The average molecular weight is 505 g/mol. The Hall–Kier alpha value is -3.07. The maximum atomic E-state index is 13.4. The van der Waals surface area contributed by atoms with Gasteiger partial charge in [0.1, 0.15) is 17.8 Å². The van der Waals surface area contributed by atoms with E-state index in [1.165, 1.54) is 6.33 Å². The Kier molecular flexibility index (Phi) is 7.98. The first-order valence-corrected chi connectivity index (χ1v) is 13.1. The highest BCUT2D eigenvalue weighted by Crippen LogP contribution is 2.24. The van der Waals surface area contributed by atoms with Crippen LogP contribution in [0.3, 0.4) is 0 Å². The second-order valence-electron chi connectivity index (χ2n) is 10.00. The molecule has 2 atom stereocenters. The molecule has 0 radical (unpaired) electrons. The van der Waals surface area contributed by atoms with Crippen LogP contribution in [0.2, 0.25) is 0 Å².